The van der Waals surface area contributed by atoms with Crippen LogP contribution in [0.1, 0.15) is 25.8 Å². The molecule has 1 aromatic rings. The van der Waals surface area contributed by atoms with Crippen LogP contribution in [0.2, 0.25) is 0 Å². The van der Waals surface area contributed by atoms with Crippen molar-refractivity contribution in [3.8, 4) is 0 Å². The highest BCUT2D eigenvalue weighted by molar-refractivity contribution is 5.04. The lowest BCUT2D eigenvalue weighted by atomic mass is 10.2. The Hall–Kier alpha value is -0.840. The molecule has 4 heteroatoms. The zero-order valence-corrected chi connectivity index (χ0v) is 11.8. The van der Waals surface area contributed by atoms with Crippen LogP contribution in [0.15, 0.2) is 23.0 Å². The zero-order valence-electron chi connectivity index (χ0n) is 11.8. The molecule has 1 aromatic heterocycles. The molecule has 0 aliphatic rings. The van der Waals surface area contributed by atoms with E-state index in [2.05, 4.69) is 24.1 Å². The lowest BCUT2D eigenvalue weighted by Gasteiger charge is -2.28. The Morgan fingerprint density at radius 2 is 2.28 bits per heavy atom. The van der Waals surface area contributed by atoms with Crippen molar-refractivity contribution >= 4 is 0 Å². The molecular formula is C14H26N2O2. The standard InChI is InChI=1S/C14H26N2O2/c1-4-13(2)16(8-10-17-3)7-6-15-11-14-5-9-18-12-14/h5,9,12-13,15H,4,6-8,10-11H2,1-3H3. The maximum absolute atomic E-state index is 5.16. The Balaban J connectivity index is 2.19. The van der Waals surface area contributed by atoms with Crippen molar-refractivity contribution in [1.29, 1.82) is 0 Å². The monoisotopic (exact) mass is 254 g/mol. The summed E-state index contributed by atoms with van der Waals surface area (Å²) in [5.41, 5.74) is 1.20. The molecule has 104 valence electrons. The minimum Gasteiger partial charge on any atom is -0.472 e. The zero-order chi connectivity index (χ0) is 13.2. The van der Waals surface area contributed by atoms with Gasteiger partial charge in [-0.25, -0.2) is 0 Å². The summed E-state index contributed by atoms with van der Waals surface area (Å²) in [6.07, 6.45) is 4.66. The van der Waals surface area contributed by atoms with Crippen molar-refractivity contribution in [3.63, 3.8) is 0 Å². The van der Waals surface area contributed by atoms with Gasteiger partial charge in [0.2, 0.25) is 0 Å². The SMILES string of the molecule is CCC(C)N(CCNCc1ccoc1)CCOC. The maximum Gasteiger partial charge on any atom is 0.0947 e. The van der Waals surface area contributed by atoms with Crippen molar-refractivity contribution in [2.75, 3.05) is 33.4 Å². The van der Waals surface area contributed by atoms with Gasteiger partial charge in [0.1, 0.15) is 0 Å². The van der Waals surface area contributed by atoms with Crippen molar-refractivity contribution in [2.45, 2.75) is 32.9 Å². The summed E-state index contributed by atoms with van der Waals surface area (Å²) >= 11 is 0. The van der Waals surface area contributed by atoms with Gasteiger partial charge in [0.05, 0.1) is 19.1 Å². The second-order valence-corrected chi connectivity index (χ2v) is 4.59. The van der Waals surface area contributed by atoms with Gasteiger partial charge in [0.15, 0.2) is 0 Å². The predicted molar refractivity (Wildman–Crippen MR) is 73.6 cm³/mol. The van der Waals surface area contributed by atoms with Gasteiger partial charge in [-0.05, 0) is 19.4 Å². The number of furan rings is 1. The maximum atomic E-state index is 5.16. The van der Waals surface area contributed by atoms with Crippen LogP contribution in [-0.2, 0) is 11.3 Å². The van der Waals surface area contributed by atoms with Crippen LogP contribution in [0.25, 0.3) is 0 Å². The van der Waals surface area contributed by atoms with E-state index in [-0.39, 0.29) is 0 Å². The first-order valence-corrected chi connectivity index (χ1v) is 6.72. The second-order valence-electron chi connectivity index (χ2n) is 4.59. The third-order valence-electron chi connectivity index (χ3n) is 3.28. The molecule has 0 bridgehead atoms. The highest BCUT2D eigenvalue weighted by atomic mass is 16.5. The lowest BCUT2D eigenvalue weighted by molar-refractivity contribution is 0.123. The van der Waals surface area contributed by atoms with Crippen molar-refractivity contribution in [1.82, 2.24) is 10.2 Å². The van der Waals surface area contributed by atoms with Crippen molar-refractivity contribution < 1.29 is 9.15 Å². The molecule has 0 saturated heterocycles. The van der Waals surface area contributed by atoms with E-state index >= 15 is 0 Å². The van der Waals surface area contributed by atoms with E-state index in [1.807, 2.05) is 6.07 Å². The van der Waals surface area contributed by atoms with E-state index in [4.69, 9.17) is 9.15 Å². The molecule has 0 aromatic carbocycles. The molecular weight excluding hydrogens is 228 g/mol. The topological polar surface area (TPSA) is 37.6 Å². The van der Waals surface area contributed by atoms with Gasteiger partial charge in [-0.15, -0.1) is 0 Å². The molecule has 0 amide bonds. The van der Waals surface area contributed by atoms with E-state index in [1.54, 1.807) is 19.6 Å². The van der Waals surface area contributed by atoms with Crippen LogP contribution in [0.4, 0.5) is 0 Å². The van der Waals surface area contributed by atoms with Gasteiger partial charge in [0, 0.05) is 44.9 Å². The molecule has 0 aliphatic carbocycles. The van der Waals surface area contributed by atoms with Crippen LogP contribution < -0.4 is 5.32 Å². The van der Waals surface area contributed by atoms with Gasteiger partial charge in [-0.3, -0.25) is 4.90 Å². The number of ether oxygens (including phenoxy) is 1. The molecule has 0 fully saturated rings. The average molecular weight is 254 g/mol. The van der Waals surface area contributed by atoms with Crippen LogP contribution in [0, 0.1) is 0 Å². The Kier molecular flexibility index (Phi) is 7.73. The number of methoxy groups -OCH3 is 1. The summed E-state index contributed by atoms with van der Waals surface area (Å²) in [6, 6.07) is 2.60. The fourth-order valence-electron chi connectivity index (χ4n) is 1.87. The minimum atomic E-state index is 0.607. The smallest absolute Gasteiger partial charge is 0.0947 e. The van der Waals surface area contributed by atoms with Gasteiger partial charge < -0.3 is 14.5 Å². The molecule has 0 spiro atoms. The Morgan fingerprint density at radius 3 is 2.89 bits per heavy atom. The average Bonchev–Trinajstić information content (AvgIpc) is 2.90. The van der Waals surface area contributed by atoms with Gasteiger partial charge >= 0.3 is 0 Å². The normalized spacial score (nSPS) is 13.1. The summed E-state index contributed by atoms with van der Waals surface area (Å²) in [5, 5.41) is 3.43. The Labute approximate surface area is 110 Å². The Bertz CT molecular complexity index is 288. The number of nitrogens with zero attached hydrogens (tertiary/aromatic N) is 1. The fourth-order valence-corrected chi connectivity index (χ4v) is 1.87. The van der Waals surface area contributed by atoms with Crippen molar-refractivity contribution in [3.05, 3.63) is 24.2 Å². The van der Waals surface area contributed by atoms with Gasteiger partial charge in [-0.2, -0.15) is 0 Å². The van der Waals surface area contributed by atoms with E-state index in [9.17, 15) is 0 Å². The minimum absolute atomic E-state index is 0.607. The van der Waals surface area contributed by atoms with Gasteiger partial charge in [-0.1, -0.05) is 6.92 Å². The molecule has 1 rings (SSSR count). The largest absolute Gasteiger partial charge is 0.472 e. The van der Waals surface area contributed by atoms with Crippen LogP contribution in [0.3, 0.4) is 0 Å². The van der Waals surface area contributed by atoms with Crippen molar-refractivity contribution in [2.24, 2.45) is 0 Å². The molecule has 0 aliphatic heterocycles. The van der Waals surface area contributed by atoms with E-state index < -0.39 is 0 Å². The highest BCUT2D eigenvalue weighted by Gasteiger charge is 2.10. The van der Waals surface area contributed by atoms with E-state index in [0.29, 0.717) is 6.04 Å². The van der Waals surface area contributed by atoms with Crippen LogP contribution >= 0.6 is 0 Å². The third kappa shape index (κ3) is 5.67. The summed E-state index contributed by atoms with van der Waals surface area (Å²) < 4.78 is 10.2. The highest BCUT2D eigenvalue weighted by Crippen LogP contribution is 2.03. The lowest BCUT2D eigenvalue weighted by Crippen LogP contribution is -2.40. The Morgan fingerprint density at radius 1 is 1.44 bits per heavy atom. The summed E-state index contributed by atoms with van der Waals surface area (Å²) in [4.78, 5) is 2.46. The molecule has 1 N–H and O–H groups in total. The second kappa shape index (κ2) is 9.14. The molecule has 1 atom stereocenters. The predicted octanol–water partition coefficient (Wildman–Crippen LogP) is 2.12. The molecule has 0 saturated carbocycles. The first-order chi connectivity index (χ1) is 8.77. The van der Waals surface area contributed by atoms with Crippen LogP contribution in [0.5, 0.6) is 0 Å². The molecule has 1 unspecified atom stereocenters. The quantitative estimate of drug-likeness (QED) is 0.649. The number of nitrogens with one attached hydrogen (secondary N) is 1. The van der Waals surface area contributed by atoms with Crippen LogP contribution in [-0.4, -0.2) is 44.3 Å². The summed E-state index contributed by atoms with van der Waals surface area (Å²) in [5.74, 6) is 0. The summed E-state index contributed by atoms with van der Waals surface area (Å²) in [6.45, 7) is 9.20. The number of rotatable bonds is 10. The first kappa shape index (κ1) is 15.2. The fraction of sp³-hybridized carbons (Fsp3) is 0.714. The molecule has 1 heterocycles. The number of hydrogen-bond acceptors (Lipinski definition) is 4. The number of hydrogen-bond donors (Lipinski definition) is 1. The van der Waals surface area contributed by atoms with E-state index in [0.717, 1.165) is 32.8 Å². The summed E-state index contributed by atoms with van der Waals surface area (Å²) in [7, 11) is 1.76. The molecule has 0 radical (unpaired) electrons. The molecule has 4 nitrogen and oxygen atoms in total. The van der Waals surface area contributed by atoms with E-state index in [1.165, 1.54) is 12.0 Å². The molecule has 18 heavy (non-hydrogen) atoms. The first-order valence-electron chi connectivity index (χ1n) is 6.72. The van der Waals surface area contributed by atoms with Gasteiger partial charge in [0.25, 0.3) is 0 Å². The third-order valence-corrected chi connectivity index (χ3v) is 3.28.